The minimum Gasteiger partial charge on any atom is -0.0619 e. The summed E-state index contributed by atoms with van der Waals surface area (Å²) in [7, 11) is 0. The van der Waals surface area contributed by atoms with Crippen molar-refractivity contribution in [2.24, 2.45) is 0 Å². The molecule has 0 amide bonds. The molecule has 9 rings (SSSR count). The van der Waals surface area contributed by atoms with Gasteiger partial charge in [-0.05, 0) is 115 Å². The summed E-state index contributed by atoms with van der Waals surface area (Å²) < 4.78 is 0. The smallest absolute Gasteiger partial charge is 0.0358 e. The summed E-state index contributed by atoms with van der Waals surface area (Å²) in [5.41, 5.74) is 21.6. The van der Waals surface area contributed by atoms with E-state index in [1.54, 1.807) is 0 Å². The molecule has 0 heteroatoms. The van der Waals surface area contributed by atoms with Crippen molar-refractivity contribution in [3.63, 3.8) is 0 Å². The lowest BCUT2D eigenvalue weighted by Gasteiger charge is -2.31. The van der Waals surface area contributed by atoms with Gasteiger partial charge in [0.15, 0.2) is 0 Å². The average molecular weight is 443 g/mol. The van der Waals surface area contributed by atoms with Crippen molar-refractivity contribution in [2.75, 3.05) is 0 Å². The third-order valence-electron chi connectivity index (χ3n) is 8.74. The van der Waals surface area contributed by atoms with E-state index in [0.717, 1.165) is 12.8 Å². The van der Waals surface area contributed by atoms with E-state index in [1.807, 2.05) is 0 Å². The van der Waals surface area contributed by atoms with Crippen molar-refractivity contribution in [2.45, 2.75) is 18.8 Å². The molecule has 1 unspecified atom stereocenters. The van der Waals surface area contributed by atoms with Crippen LogP contribution in [0.1, 0.15) is 50.4 Å². The zero-order chi connectivity index (χ0) is 22.7. The van der Waals surface area contributed by atoms with Crippen LogP contribution in [-0.4, -0.2) is 0 Å². The van der Waals surface area contributed by atoms with Crippen molar-refractivity contribution >= 4 is 11.6 Å². The Morgan fingerprint density at radius 1 is 0.457 bits per heavy atom. The minimum atomic E-state index is 0.307. The molecule has 0 saturated heterocycles. The maximum atomic E-state index is 2.53. The van der Waals surface area contributed by atoms with Crippen LogP contribution in [0.2, 0.25) is 0 Å². The van der Waals surface area contributed by atoms with Gasteiger partial charge in [0.25, 0.3) is 0 Å². The van der Waals surface area contributed by atoms with Crippen LogP contribution in [0.15, 0.2) is 97.1 Å². The lowest BCUT2D eigenvalue weighted by Crippen LogP contribution is -2.11. The lowest BCUT2D eigenvalue weighted by atomic mass is 9.71. The maximum Gasteiger partial charge on any atom is 0.0358 e. The topological polar surface area (TPSA) is 0 Å². The highest BCUT2D eigenvalue weighted by atomic mass is 14.4. The summed E-state index contributed by atoms with van der Waals surface area (Å²) in [6, 6.07) is 36.9. The van der Waals surface area contributed by atoms with E-state index in [0.29, 0.717) is 5.92 Å². The molecule has 5 aromatic carbocycles. The molecule has 0 heterocycles. The van der Waals surface area contributed by atoms with Crippen LogP contribution in [0.3, 0.4) is 0 Å². The third-order valence-corrected chi connectivity index (χ3v) is 8.74. The largest absolute Gasteiger partial charge is 0.0619 e. The van der Waals surface area contributed by atoms with Crippen LogP contribution in [0.5, 0.6) is 0 Å². The first-order valence-electron chi connectivity index (χ1n) is 12.7. The molecule has 0 N–H and O–H groups in total. The van der Waals surface area contributed by atoms with Gasteiger partial charge in [-0.25, -0.2) is 0 Å². The van der Waals surface area contributed by atoms with Crippen molar-refractivity contribution < 1.29 is 0 Å². The van der Waals surface area contributed by atoms with E-state index in [-0.39, 0.29) is 0 Å². The van der Waals surface area contributed by atoms with Gasteiger partial charge in [-0.2, -0.15) is 0 Å². The molecule has 35 heavy (non-hydrogen) atoms. The normalized spacial score (nSPS) is 16.8. The Morgan fingerprint density at radius 2 is 1.20 bits per heavy atom. The molecular weight excluding hydrogens is 420 g/mol. The van der Waals surface area contributed by atoms with Crippen LogP contribution in [0, 0.1) is 0 Å². The van der Waals surface area contributed by atoms with Gasteiger partial charge in [-0.3, -0.25) is 0 Å². The second-order valence-electron chi connectivity index (χ2n) is 10.4. The highest BCUT2D eigenvalue weighted by molar-refractivity contribution is 6.07. The number of fused-ring (bicyclic) bond motifs is 15. The predicted octanol–water partition coefficient (Wildman–Crippen LogP) is 8.50. The van der Waals surface area contributed by atoms with E-state index in [4.69, 9.17) is 0 Å². The first-order valence-corrected chi connectivity index (χ1v) is 12.7. The molecule has 0 saturated carbocycles. The SMILES string of the molecule is C1=C2c3cc4c(cc3-c3c(ccc5c3-c3ccccc3C5)C2c2ccccc21)Cc1ccccc1-4. The summed E-state index contributed by atoms with van der Waals surface area (Å²) in [5, 5.41) is 0. The third kappa shape index (κ3) is 2.23. The summed E-state index contributed by atoms with van der Waals surface area (Å²) in [6.45, 7) is 0. The molecule has 0 bridgehead atoms. The van der Waals surface area contributed by atoms with Gasteiger partial charge < -0.3 is 0 Å². The average Bonchev–Trinajstić information content (AvgIpc) is 3.58. The molecule has 0 fully saturated rings. The van der Waals surface area contributed by atoms with Crippen LogP contribution >= 0.6 is 0 Å². The molecule has 1 atom stereocenters. The molecule has 0 aliphatic heterocycles. The van der Waals surface area contributed by atoms with Gasteiger partial charge in [0.2, 0.25) is 0 Å². The van der Waals surface area contributed by atoms with E-state index < -0.39 is 0 Å². The van der Waals surface area contributed by atoms with Crippen molar-refractivity contribution in [3.8, 4) is 33.4 Å². The Morgan fingerprint density at radius 3 is 2.11 bits per heavy atom. The zero-order valence-corrected chi connectivity index (χ0v) is 19.3. The Labute approximate surface area is 205 Å². The molecule has 0 aromatic heterocycles. The number of benzene rings is 5. The van der Waals surface area contributed by atoms with Crippen LogP contribution in [0.4, 0.5) is 0 Å². The number of hydrogen-bond acceptors (Lipinski definition) is 0. The minimum absolute atomic E-state index is 0.307. The fraction of sp³-hybridized carbons (Fsp3) is 0.0857. The van der Waals surface area contributed by atoms with E-state index >= 15 is 0 Å². The Kier molecular flexibility index (Phi) is 3.27. The van der Waals surface area contributed by atoms with Crippen molar-refractivity contribution in [3.05, 3.63) is 142 Å². The van der Waals surface area contributed by atoms with Gasteiger partial charge in [-0.15, -0.1) is 0 Å². The van der Waals surface area contributed by atoms with Crippen molar-refractivity contribution in [1.82, 2.24) is 0 Å². The molecule has 0 nitrogen and oxygen atoms in total. The van der Waals surface area contributed by atoms with Crippen molar-refractivity contribution in [1.29, 1.82) is 0 Å². The summed E-state index contributed by atoms with van der Waals surface area (Å²) in [5.74, 6) is 0.307. The quantitative estimate of drug-likeness (QED) is 0.221. The van der Waals surface area contributed by atoms with Crippen LogP contribution in [0.25, 0.3) is 45.0 Å². The number of hydrogen-bond donors (Lipinski definition) is 0. The molecule has 0 spiro atoms. The molecule has 4 aliphatic rings. The second kappa shape index (κ2) is 6.29. The fourth-order valence-corrected chi connectivity index (χ4v) is 7.29. The Hall–Kier alpha value is -4.16. The van der Waals surface area contributed by atoms with E-state index in [1.165, 1.54) is 83.5 Å². The number of allylic oxidation sites excluding steroid dienone is 1. The van der Waals surface area contributed by atoms with E-state index in [2.05, 4.69) is 103 Å². The summed E-state index contributed by atoms with van der Waals surface area (Å²) >= 11 is 0. The van der Waals surface area contributed by atoms with Gasteiger partial charge in [-0.1, -0.05) is 84.9 Å². The molecule has 0 radical (unpaired) electrons. The summed E-state index contributed by atoms with van der Waals surface area (Å²) in [4.78, 5) is 0. The lowest BCUT2D eigenvalue weighted by molar-refractivity contribution is 1.05. The highest BCUT2D eigenvalue weighted by Crippen LogP contribution is 2.59. The molecule has 5 aromatic rings. The van der Waals surface area contributed by atoms with Gasteiger partial charge in [0, 0.05) is 5.92 Å². The first kappa shape index (κ1) is 18.2. The fourth-order valence-electron chi connectivity index (χ4n) is 7.29. The first-order chi connectivity index (χ1) is 17.3. The monoisotopic (exact) mass is 442 g/mol. The standard InChI is InChI=1S/C35H22/c1-4-10-25-20(7-1)16-24-18-32-30(19-29(24)25)31-17-22-9-3-6-12-27(22)34(31)28-14-13-23-15-21-8-2-5-11-26(21)33(23)35(28)32/h1-14,17-19,34H,15-16H2. The van der Waals surface area contributed by atoms with Crippen LogP contribution < -0.4 is 0 Å². The molecule has 162 valence electrons. The van der Waals surface area contributed by atoms with Gasteiger partial charge in [0.05, 0.1) is 0 Å². The van der Waals surface area contributed by atoms with Crippen LogP contribution in [-0.2, 0) is 12.8 Å². The predicted molar refractivity (Wildman–Crippen MR) is 145 cm³/mol. The molecule has 4 aliphatic carbocycles. The Bertz CT molecular complexity index is 1800. The van der Waals surface area contributed by atoms with Gasteiger partial charge in [0.1, 0.15) is 0 Å². The van der Waals surface area contributed by atoms with Gasteiger partial charge >= 0.3 is 0 Å². The Balaban J connectivity index is 1.41. The highest BCUT2D eigenvalue weighted by Gasteiger charge is 2.38. The molecular formula is C35H22. The maximum absolute atomic E-state index is 2.53. The van der Waals surface area contributed by atoms with E-state index in [9.17, 15) is 0 Å². The second-order valence-corrected chi connectivity index (χ2v) is 10.4. The zero-order valence-electron chi connectivity index (χ0n) is 19.3. The number of rotatable bonds is 0. The summed E-state index contributed by atoms with van der Waals surface area (Å²) in [6.07, 6.45) is 4.52.